The van der Waals surface area contributed by atoms with Crippen molar-refractivity contribution in [3.05, 3.63) is 77.9 Å². The number of aryl methyl sites for hydroxylation is 1. The molecule has 0 unspecified atom stereocenters. The molecule has 34 heavy (non-hydrogen) atoms. The Morgan fingerprint density at radius 3 is 1.59 bits per heavy atom. The highest BCUT2D eigenvalue weighted by molar-refractivity contribution is 5.72. The quantitative estimate of drug-likeness (QED) is 0.216. The summed E-state index contributed by atoms with van der Waals surface area (Å²) in [5.74, 6) is -0.866. The molecule has 3 aromatic carbocycles. The highest BCUT2D eigenvalue weighted by Crippen LogP contribution is 2.32. The molecule has 0 atom stereocenters. The Morgan fingerprint density at radius 2 is 1.06 bits per heavy atom. The Bertz CT molecular complexity index is 993. The van der Waals surface area contributed by atoms with E-state index in [1.54, 1.807) is 24.3 Å². The van der Waals surface area contributed by atoms with Gasteiger partial charge in [0.1, 0.15) is 5.75 Å². The summed E-state index contributed by atoms with van der Waals surface area (Å²) < 4.78 is 35.7. The van der Waals surface area contributed by atoms with Crippen LogP contribution in [0.25, 0.3) is 22.3 Å². The number of hydrogen-bond donors (Lipinski definition) is 0. The molecule has 0 amide bonds. The van der Waals surface area contributed by atoms with E-state index in [9.17, 15) is 8.78 Å². The lowest BCUT2D eigenvalue weighted by molar-refractivity contribution is 0.304. The molecule has 0 saturated carbocycles. The van der Waals surface area contributed by atoms with Crippen LogP contribution in [-0.2, 0) is 6.42 Å². The fourth-order valence-electron chi connectivity index (χ4n) is 4.29. The second kappa shape index (κ2) is 13.9. The molecule has 0 spiro atoms. The van der Waals surface area contributed by atoms with Crippen molar-refractivity contribution in [3.8, 4) is 28.0 Å². The Labute approximate surface area is 204 Å². The van der Waals surface area contributed by atoms with Gasteiger partial charge < -0.3 is 4.74 Å². The Balaban J connectivity index is 1.54. The molecule has 182 valence electrons. The van der Waals surface area contributed by atoms with Gasteiger partial charge in [-0.2, -0.15) is 0 Å². The fourth-order valence-corrected chi connectivity index (χ4v) is 4.29. The van der Waals surface area contributed by atoms with Gasteiger partial charge in [-0.1, -0.05) is 114 Å². The van der Waals surface area contributed by atoms with Gasteiger partial charge in [0.2, 0.25) is 0 Å². The average molecular weight is 465 g/mol. The molecule has 0 saturated heterocycles. The van der Waals surface area contributed by atoms with Gasteiger partial charge in [-0.25, -0.2) is 8.78 Å². The second-order valence-corrected chi connectivity index (χ2v) is 9.08. The third-order valence-corrected chi connectivity index (χ3v) is 6.32. The number of unbranched alkanes of at least 4 members (excludes halogenated alkanes) is 7. The summed E-state index contributed by atoms with van der Waals surface area (Å²) in [6.45, 7) is 5.04. The van der Waals surface area contributed by atoms with Crippen LogP contribution in [-0.4, -0.2) is 6.61 Å². The number of ether oxygens (including phenoxy) is 1. The maximum absolute atomic E-state index is 14.9. The van der Waals surface area contributed by atoms with Crippen LogP contribution in [0, 0.1) is 11.6 Å². The maximum Gasteiger partial charge on any atom is 0.167 e. The lowest BCUT2D eigenvalue weighted by Gasteiger charge is -2.11. The lowest BCUT2D eigenvalue weighted by Crippen LogP contribution is -1.98. The van der Waals surface area contributed by atoms with Crippen LogP contribution < -0.4 is 4.74 Å². The van der Waals surface area contributed by atoms with Crippen LogP contribution in [0.2, 0.25) is 0 Å². The maximum atomic E-state index is 14.9. The first-order valence-corrected chi connectivity index (χ1v) is 12.9. The first-order chi connectivity index (χ1) is 16.6. The molecule has 0 aliphatic heterocycles. The van der Waals surface area contributed by atoms with Crippen molar-refractivity contribution in [3.63, 3.8) is 0 Å². The molecule has 3 rings (SSSR count). The normalized spacial score (nSPS) is 11.1. The van der Waals surface area contributed by atoms with Crippen molar-refractivity contribution in [1.82, 2.24) is 0 Å². The third kappa shape index (κ3) is 7.41. The van der Waals surface area contributed by atoms with E-state index in [0.29, 0.717) is 17.7 Å². The molecule has 0 aromatic heterocycles. The van der Waals surface area contributed by atoms with Crippen LogP contribution in [0.15, 0.2) is 60.7 Å². The zero-order valence-electron chi connectivity index (χ0n) is 20.7. The van der Waals surface area contributed by atoms with E-state index in [1.165, 1.54) is 50.5 Å². The van der Waals surface area contributed by atoms with Gasteiger partial charge in [0.05, 0.1) is 6.61 Å². The highest BCUT2D eigenvalue weighted by atomic mass is 19.2. The first kappa shape index (κ1) is 25.9. The molecular formula is C31H38F2O. The zero-order valence-corrected chi connectivity index (χ0v) is 20.7. The molecule has 0 heterocycles. The smallest absolute Gasteiger partial charge is 0.167 e. The van der Waals surface area contributed by atoms with Gasteiger partial charge >= 0.3 is 0 Å². The van der Waals surface area contributed by atoms with E-state index in [2.05, 4.69) is 13.8 Å². The van der Waals surface area contributed by atoms with E-state index in [-0.39, 0.29) is 11.1 Å². The number of halogens is 2. The minimum absolute atomic E-state index is 0.262. The van der Waals surface area contributed by atoms with Crippen LogP contribution in [0.5, 0.6) is 5.75 Å². The van der Waals surface area contributed by atoms with Crippen LogP contribution in [0.4, 0.5) is 8.78 Å². The van der Waals surface area contributed by atoms with Gasteiger partial charge in [-0.15, -0.1) is 0 Å². The number of rotatable bonds is 14. The summed E-state index contributed by atoms with van der Waals surface area (Å²) in [5.41, 5.74) is 3.08. The molecule has 3 heteroatoms. The molecule has 0 N–H and O–H groups in total. The van der Waals surface area contributed by atoms with Gasteiger partial charge in [0, 0.05) is 11.1 Å². The van der Waals surface area contributed by atoms with Crippen LogP contribution in [0.1, 0.15) is 77.2 Å². The molecule has 0 aliphatic carbocycles. The van der Waals surface area contributed by atoms with E-state index in [0.717, 1.165) is 25.0 Å². The van der Waals surface area contributed by atoms with Gasteiger partial charge in [0.15, 0.2) is 11.6 Å². The first-order valence-electron chi connectivity index (χ1n) is 12.9. The third-order valence-electron chi connectivity index (χ3n) is 6.32. The van der Waals surface area contributed by atoms with Crippen molar-refractivity contribution < 1.29 is 13.5 Å². The Kier molecular flexibility index (Phi) is 10.6. The van der Waals surface area contributed by atoms with Crippen molar-refractivity contribution in [2.24, 2.45) is 0 Å². The highest BCUT2D eigenvalue weighted by Gasteiger charge is 2.16. The minimum atomic E-state index is -0.817. The van der Waals surface area contributed by atoms with E-state index in [1.807, 2.05) is 36.4 Å². The predicted octanol–water partition coefficient (Wildman–Crippen LogP) is 9.77. The molecule has 1 nitrogen and oxygen atoms in total. The summed E-state index contributed by atoms with van der Waals surface area (Å²) in [6.07, 6.45) is 12.1. The van der Waals surface area contributed by atoms with E-state index in [4.69, 9.17) is 4.74 Å². The number of hydrogen-bond acceptors (Lipinski definition) is 1. The van der Waals surface area contributed by atoms with Crippen LogP contribution in [0.3, 0.4) is 0 Å². The Morgan fingerprint density at radius 1 is 0.559 bits per heavy atom. The van der Waals surface area contributed by atoms with Crippen molar-refractivity contribution in [2.45, 2.75) is 78.1 Å². The van der Waals surface area contributed by atoms with Crippen molar-refractivity contribution in [1.29, 1.82) is 0 Å². The molecule has 3 aromatic rings. The molecule has 0 aliphatic rings. The summed E-state index contributed by atoms with van der Waals surface area (Å²) >= 11 is 0. The zero-order chi connectivity index (χ0) is 24.2. The lowest BCUT2D eigenvalue weighted by atomic mass is 9.97. The number of benzene rings is 3. The SMILES string of the molecule is CCCCCCCCCCOc1ccc(-c2ccc(-c3ccc(CCC)cc3)c(F)c2F)cc1. The molecule has 0 bridgehead atoms. The molecule has 0 radical (unpaired) electrons. The predicted molar refractivity (Wildman–Crippen MR) is 139 cm³/mol. The largest absolute Gasteiger partial charge is 0.494 e. The summed E-state index contributed by atoms with van der Waals surface area (Å²) in [7, 11) is 0. The van der Waals surface area contributed by atoms with Gasteiger partial charge in [-0.3, -0.25) is 0 Å². The summed E-state index contributed by atoms with van der Waals surface area (Å²) in [6, 6.07) is 18.3. The molecule has 0 fully saturated rings. The second-order valence-electron chi connectivity index (χ2n) is 9.08. The monoisotopic (exact) mass is 464 g/mol. The van der Waals surface area contributed by atoms with E-state index < -0.39 is 11.6 Å². The minimum Gasteiger partial charge on any atom is -0.494 e. The topological polar surface area (TPSA) is 9.23 Å². The van der Waals surface area contributed by atoms with Crippen molar-refractivity contribution >= 4 is 0 Å². The van der Waals surface area contributed by atoms with Crippen LogP contribution >= 0.6 is 0 Å². The summed E-state index contributed by atoms with van der Waals surface area (Å²) in [5, 5.41) is 0. The fraction of sp³-hybridized carbons (Fsp3) is 0.419. The van der Waals surface area contributed by atoms with Gasteiger partial charge in [-0.05, 0) is 41.7 Å². The van der Waals surface area contributed by atoms with Gasteiger partial charge in [0.25, 0.3) is 0 Å². The summed E-state index contributed by atoms with van der Waals surface area (Å²) in [4.78, 5) is 0. The average Bonchev–Trinajstić information content (AvgIpc) is 2.86. The van der Waals surface area contributed by atoms with E-state index >= 15 is 0 Å². The Hall–Kier alpha value is -2.68. The van der Waals surface area contributed by atoms with Crippen molar-refractivity contribution in [2.75, 3.05) is 6.61 Å². The molecular weight excluding hydrogens is 426 g/mol. The standard InChI is InChI=1S/C31H38F2O/c1-3-5-6-7-8-9-10-11-23-34-27-19-17-26(18-20-27)29-22-21-28(30(32)31(29)33)25-15-13-24(12-4-2)14-16-25/h13-22H,3-12,23H2,1-2H3.